The van der Waals surface area contributed by atoms with Crippen LogP contribution in [0.1, 0.15) is 28.3 Å². The average Bonchev–Trinajstić information content (AvgIpc) is 3.54. The molecule has 0 fully saturated rings. The van der Waals surface area contributed by atoms with Crippen molar-refractivity contribution in [1.29, 1.82) is 0 Å². The van der Waals surface area contributed by atoms with Crippen molar-refractivity contribution in [2.24, 2.45) is 0 Å². The van der Waals surface area contributed by atoms with Crippen molar-refractivity contribution in [3.63, 3.8) is 0 Å². The molecule has 2 aliphatic rings. The van der Waals surface area contributed by atoms with E-state index in [1.807, 2.05) is 12.2 Å². The molecule has 0 aliphatic carbocycles. The molecule has 6 rings (SSSR count). The number of benzene rings is 1. The van der Waals surface area contributed by atoms with Crippen LogP contribution in [0.15, 0.2) is 72.8 Å². The van der Waals surface area contributed by atoms with Crippen molar-refractivity contribution in [1.82, 2.24) is 19.9 Å². The van der Waals surface area contributed by atoms with E-state index in [0.29, 0.717) is 0 Å². The van der Waals surface area contributed by atoms with Gasteiger partial charge in [-0.3, -0.25) is 0 Å². The molecule has 8 bridgehead atoms. The van der Waals surface area contributed by atoms with Crippen LogP contribution < -0.4 is 0 Å². The van der Waals surface area contributed by atoms with Gasteiger partial charge in [0.05, 0.1) is 22.8 Å². The normalized spacial score (nSPS) is 12.3. The molecule has 0 amide bonds. The second-order valence-electron chi connectivity index (χ2n) is 7.60. The summed E-state index contributed by atoms with van der Waals surface area (Å²) in [6, 6.07) is 25.1. The minimum Gasteiger partial charge on any atom is -0.355 e. The Morgan fingerprint density at radius 2 is 1.12 bits per heavy atom. The molecule has 0 radical (unpaired) electrons. The third-order valence-electron chi connectivity index (χ3n) is 5.32. The molecule has 3 aromatic heterocycles. The predicted molar refractivity (Wildman–Crippen MR) is 136 cm³/mol. The van der Waals surface area contributed by atoms with E-state index < -0.39 is 0 Å². The third-order valence-corrected chi connectivity index (χ3v) is 6.04. The Labute approximate surface area is 213 Å². The molecule has 0 spiro atoms. The summed E-state index contributed by atoms with van der Waals surface area (Å²) in [4.78, 5) is 16.5. The number of aromatic amines is 2. The summed E-state index contributed by atoms with van der Waals surface area (Å²) in [7, 11) is 0. The van der Waals surface area contributed by atoms with Gasteiger partial charge in [0.2, 0.25) is 0 Å². The fraction of sp³-hybridized carbons (Fsp3) is 0. The van der Waals surface area contributed by atoms with Gasteiger partial charge < -0.3 is 9.97 Å². The first-order chi connectivity index (χ1) is 15.2. The first kappa shape index (κ1) is 21.1. The quantitative estimate of drug-likeness (QED) is 0.188. The maximum absolute atomic E-state index is 4.93. The van der Waals surface area contributed by atoms with Gasteiger partial charge in [0, 0.05) is 52.3 Å². The van der Waals surface area contributed by atoms with Crippen LogP contribution in [0.5, 0.6) is 0 Å². The molecule has 1 aromatic carbocycles. The van der Waals surface area contributed by atoms with Crippen LogP contribution in [0, 0.1) is 3.57 Å². The van der Waals surface area contributed by atoms with Crippen LogP contribution in [-0.4, -0.2) is 19.9 Å². The number of halogens is 1. The number of rotatable bonds is 1. The number of hydrogen-bond donors (Lipinski definition) is 2. The van der Waals surface area contributed by atoms with Crippen LogP contribution in [0.4, 0.5) is 0 Å². The Morgan fingerprint density at radius 3 is 1.72 bits per heavy atom. The monoisotopic (exact) mass is 707 g/mol. The largest absolute Gasteiger partial charge is 0.355 e. The first-order valence-electron chi connectivity index (χ1n) is 10.0. The van der Waals surface area contributed by atoms with Gasteiger partial charge in [-0.1, -0.05) is 12.1 Å². The topological polar surface area (TPSA) is 57.4 Å². The number of fused-ring (bicyclic) bond motifs is 8. The van der Waals surface area contributed by atoms with Crippen molar-refractivity contribution in [2.75, 3.05) is 0 Å². The van der Waals surface area contributed by atoms with Crippen LogP contribution in [-0.2, 0) is 21.1 Å². The molecule has 4 aromatic rings. The molecule has 6 heteroatoms. The molecule has 2 aliphatic heterocycles. The van der Waals surface area contributed by atoms with Gasteiger partial charge in [-0.05, 0) is 107 Å². The summed E-state index contributed by atoms with van der Waals surface area (Å²) in [5.41, 5.74) is 10.1. The summed E-state index contributed by atoms with van der Waals surface area (Å²) in [6.45, 7) is 0. The van der Waals surface area contributed by atoms with Gasteiger partial charge in [-0.15, -0.1) is 0 Å². The van der Waals surface area contributed by atoms with Crippen LogP contribution in [0.25, 0.3) is 45.9 Å². The number of nitrogens with zero attached hydrogens (tertiary/aromatic N) is 2. The molecule has 0 unspecified atom stereocenters. The standard InChI is InChI=1S/C26H17IN4.Pt/c27-17-3-1-16(2-4-17)25-14-24-13-22-8-7-20(29-22)11-18-5-6-19(28-18)12-21-9-10-23(30-21)15-26(25)31-24;/h1-15,29-30H;. The second kappa shape index (κ2) is 8.64. The van der Waals surface area contributed by atoms with Crippen molar-refractivity contribution >= 4 is 68.5 Å². The van der Waals surface area contributed by atoms with Crippen molar-refractivity contribution in [3.05, 3.63) is 105 Å². The van der Waals surface area contributed by atoms with E-state index in [1.165, 1.54) is 3.57 Å². The van der Waals surface area contributed by atoms with Crippen molar-refractivity contribution in [2.45, 2.75) is 0 Å². The van der Waals surface area contributed by atoms with Gasteiger partial charge in [-0.2, -0.15) is 0 Å². The van der Waals surface area contributed by atoms with Gasteiger partial charge in [-0.25, -0.2) is 9.97 Å². The number of H-pyrrole nitrogens is 2. The zero-order chi connectivity index (χ0) is 20.8. The Morgan fingerprint density at radius 1 is 0.594 bits per heavy atom. The van der Waals surface area contributed by atoms with Crippen LogP contribution >= 0.6 is 22.6 Å². The fourth-order valence-corrected chi connectivity index (χ4v) is 4.23. The second-order valence-corrected chi connectivity index (χ2v) is 8.84. The predicted octanol–water partition coefficient (Wildman–Crippen LogP) is 6.68. The Kier molecular flexibility index (Phi) is 5.70. The van der Waals surface area contributed by atoms with E-state index in [4.69, 9.17) is 9.97 Å². The summed E-state index contributed by atoms with van der Waals surface area (Å²) in [5.74, 6) is 0. The van der Waals surface area contributed by atoms with Crippen LogP contribution in [0.3, 0.4) is 0 Å². The van der Waals surface area contributed by atoms with E-state index in [1.54, 1.807) is 0 Å². The molecule has 0 atom stereocenters. The van der Waals surface area contributed by atoms with E-state index in [-0.39, 0.29) is 21.1 Å². The number of aromatic nitrogens is 4. The molecule has 2 N–H and O–H groups in total. The van der Waals surface area contributed by atoms with Gasteiger partial charge >= 0.3 is 0 Å². The van der Waals surface area contributed by atoms with E-state index in [9.17, 15) is 0 Å². The Bertz CT molecular complexity index is 1540. The molecule has 32 heavy (non-hydrogen) atoms. The fourth-order valence-electron chi connectivity index (χ4n) is 3.87. The molecule has 158 valence electrons. The minimum absolute atomic E-state index is 0. The maximum Gasteiger partial charge on any atom is 0.0736 e. The Balaban J connectivity index is 0.00000216. The van der Waals surface area contributed by atoms with E-state index >= 15 is 0 Å². The molecular formula is C26H17IN4Pt. The smallest absolute Gasteiger partial charge is 0.0736 e. The summed E-state index contributed by atoms with van der Waals surface area (Å²) < 4.78 is 1.22. The summed E-state index contributed by atoms with van der Waals surface area (Å²) in [5, 5.41) is 0. The average molecular weight is 707 g/mol. The molecule has 0 saturated heterocycles. The van der Waals surface area contributed by atoms with Crippen molar-refractivity contribution in [3.8, 4) is 0 Å². The first-order valence-corrected chi connectivity index (χ1v) is 11.1. The number of nitrogens with one attached hydrogen (secondary N) is 2. The summed E-state index contributed by atoms with van der Waals surface area (Å²) in [6.07, 6.45) is 6.21. The zero-order valence-electron chi connectivity index (χ0n) is 16.7. The van der Waals surface area contributed by atoms with Gasteiger partial charge in [0.15, 0.2) is 0 Å². The van der Waals surface area contributed by atoms with Crippen molar-refractivity contribution < 1.29 is 21.1 Å². The number of hydrogen-bond acceptors (Lipinski definition) is 2. The molecule has 0 saturated carbocycles. The Hall–Kier alpha value is -2.76. The van der Waals surface area contributed by atoms with Gasteiger partial charge in [0.25, 0.3) is 0 Å². The van der Waals surface area contributed by atoms with Gasteiger partial charge in [0.1, 0.15) is 0 Å². The van der Waals surface area contributed by atoms with Crippen LogP contribution in [0.2, 0.25) is 0 Å². The SMILES string of the molecule is Ic1ccc(C2=Cc3cc4ccc(cc5nc(cc6ccc(cc2n3)[nH]6)C=C5)[nH]4)cc1.[Pt]. The molecular weight excluding hydrogens is 690 g/mol. The molecule has 5 heterocycles. The maximum atomic E-state index is 4.93. The molecule has 4 nitrogen and oxygen atoms in total. The van der Waals surface area contributed by atoms with E-state index in [0.717, 1.165) is 56.0 Å². The third kappa shape index (κ3) is 4.27. The minimum atomic E-state index is 0. The summed E-state index contributed by atoms with van der Waals surface area (Å²) >= 11 is 2.33. The van der Waals surface area contributed by atoms with E-state index in [2.05, 4.69) is 111 Å². The zero-order valence-corrected chi connectivity index (χ0v) is 21.2.